The third kappa shape index (κ3) is 3.79. The van der Waals surface area contributed by atoms with Crippen molar-refractivity contribution in [3.63, 3.8) is 0 Å². The first-order valence-electron chi connectivity index (χ1n) is 9.42. The van der Waals surface area contributed by atoms with Gasteiger partial charge in [-0.3, -0.25) is 18.6 Å². The number of hydrogen-bond acceptors (Lipinski definition) is 6. The van der Waals surface area contributed by atoms with E-state index in [1.54, 1.807) is 15.9 Å². The van der Waals surface area contributed by atoms with Gasteiger partial charge in [0.2, 0.25) is 11.7 Å². The van der Waals surface area contributed by atoms with Gasteiger partial charge in [-0.1, -0.05) is 36.9 Å². The van der Waals surface area contributed by atoms with Crippen molar-refractivity contribution < 1.29 is 4.79 Å². The first-order chi connectivity index (χ1) is 14.1. The largest absolute Gasteiger partial charge is 0.348 e. The fraction of sp³-hybridized carbons (Fsp3) is 0.300. The molecule has 150 valence electrons. The average molecular weight is 428 g/mol. The fourth-order valence-electron chi connectivity index (χ4n) is 3.27. The number of fused-ring (bicyclic) bond motifs is 3. The number of carbonyl (C=O) groups excluding carboxylic acids is 1. The van der Waals surface area contributed by atoms with Gasteiger partial charge in [-0.2, -0.15) is 0 Å². The van der Waals surface area contributed by atoms with Crippen LogP contribution in [0.2, 0.25) is 0 Å². The second-order valence-electron chi connectivity index (χ2n) is 6.69. The summed E-state index contributed by atoms with van der Waals surface area (Å²) in [5.74, 6) is 0.654. The van der Waals surface area contributed by atoms with Crippen LogP contribution in [0.3, 0.4) is 0 Å². The molecule has 0 bridgehead atoms. The highest BCUT2D eigenvalue weighted by molar-refractivity contribution is 7.99. The van der Waals surface area contributed by atoms with Crippen molar-refractivity contribution in [2.75, 3.05) is 5.75 Å². The molecular formula is C20H21N5O2S2. The molecule has 3 aromatic heterocycles. The average Bonchev–Trinajstić information content (AvgIpc) is 3.40. The molecule has 0 aliphatic heterocycles. The first-order valence-corrected chi connectivity index (χ1v) is 11.3. The van der Waals surface area contributed by atoms with E-state index in [0.717, 1.165) is 16.8 Å². The Balaban J connectivity index is 1.63. The molecule has 1 aromatic carbocycles. The molecule has 1 unspecified atom stereocenters. The lowest BCUT2D eigenvalue weighted by Gasteiger charge is -2.12. The van der Waals surface area contributed by atoms with Gasteiger partial charge in [-0.15, -0.1) is 21.5 Å². The van der Waals surface area contributed by atoms with Crippen LogP contribution in [0.4, 0.5) is 0 Å². The van der Waals surface area contributed by atoms with E-state index in [0.29, 0.717) is 22.9 Å². The Hall–Kier alpha value is -2.65. The van der Waals surface area contributed by atoms with Gasteiger partial charge in [0.05, 0.1) is 22.7 Å². The van der Waals surface area contributed by atoms with Gasteiger partial charge in [0, 0.05) is 11.4 Å². The second kappa shape index (κ2) is 8.38. The van der Waals surface area contributed by atoms with E-state index < -0.39 is 0 Å². The number of aromatic nitrogens is 4. The van der Waals surface area contributed by atoms with Crippen molar-refractivity contribution in [2.45, 2.75) is 38.0 Å². The summed E-state index contributed by atoms with van der Waals surface area (Å²) in [4.78, 5) is 26.4. The lowest BCUT2D eigenvalue weighted by Crippen LogP contribution is -2.27. The van der Waals surface area contributed by atoms with Gasteiger partial charge >= 0.3 is 0 Å². The van der Waals surface area contributed by atoms with Crippen LogP contribution in [0.25, 0.3) is 16.7 Å². The summed E-state index contributed by atoms with van der Waals surface area (Å²) >= 11 is 2.94. The Morgan fingerprint density at radius 3 is 2.83 bits per heavy atom. The van der Waals surface area contributed by atoms with Gasteiger partial charge in [-0.25, -0.2) is 0 Å². The maximum atomic E-state index is 12.9. The molecule has 0 aliphatic rings. The Kier molecular flexibility index (Phi) is 5.68. The smallest absolute Gasteiger partial charge is 0.262 e. The molecule has 0 saturated carbocycles. The van der Waals surface area contributed by atoms with Crippen molar-refractivity contribution in [3.8, 4) is 0 Å². The van der Waals surface area contributed by atoms with Gasteiger partial charge in [-0.05, 0) is 36.9 Å². The number of para-hydroxylation sites is 1. The number of aryl methyl sites for hydroxylation is 1. The summed E-state index contributed by atoms with van der Waals surface area (Å²) in [6.45, 7) is 4.55. The Morgan fingerprint density at radius 2 is 2.07 bits per heavy atom. The van der Waals surface area contributed by atoms with Crippen molar-refractivity contribution in [1.29, 1.82) is 0 Å². The predicted molar refractivity (Wildman–Crippen MR) is 117 cm³/mol. The summed E-state index contributed by atoms with van der Waals surface area (Å²) < 4.78 is 3.52. The summed E-state index contributed by atoms with van der Waals surface area (Å²) in [6, 6.07) is 11.4. The number of nitrogens with one attached hydrogen (secondary N) is 1. The minimum atomic E-state index is -0.0705. The minimum Gasteiger partial charge on any atom is -0.348 e. The van der Waals surface area contributed by atoms with E-state index in [2.05, 4.69) is 15.5 Å². The van der Waals surface area contributed by atoms with Gasteiger partial charge < -0.3 is 5.32 Å². The van der Waals surface area contributed by atoms with E-state index in [1.165, 1.54) is 11.8 Å². The number of carbonyl (C=O) groups is 1. The SMILES string of the molecule is CCCn1c(=O)c2ccccc2n2c(SCC(=O)NC(C)c3cccs3)nnc12. The van der Waals surface area contributed by atoms with Gasteiger partial charge in [0.1, 0.15) is 0 Å². The monoisotopic (exact) mass is 427 g/mol. The van der Waals surface area contributed by atoms with Crippen LogP contribution < -0.4 is 10.9 Å². The zero-order valence-electron chi connectivity index (χ0n) is 16.2. The highest BCUT2D eigenvalue weighted by Gasteiger charge is 2.18. The van der Waals surface area contributed by atoms with Crippen molar-refractivity contribution in [2.24, 2.45) is 0 Å². The molecular weight excluding hydrogens is 406 g/mol. The number of amides is 1. The van der Waals surface area contributed by atoms with E-state index in [4.69, 9.17) is 0 Å². The lowest BCUT2D eigenvalue weighted by atomic mass is 10.2. The number of hydrogen-bond donors (Lipinski definition) is 1. The fourth-order valence-corrected chi connectivity index (χ4v) is 4.76. The predicted octanol–water partition coefficient (Wildman–Crippen LogP) is 3.49. The molecule has 1 N–H and O–H groups in total. The summed E-state index contributed by atoms with van der Waals surface area (Å²) in [6.07, 6.45) is 0.812. The maximum absolute atomic E-state index is 12.9. The van der Waals surface area contributed by atoms with Crippen LogP contribution in [0.15, 0.2) is 51.7 Å². The molecule has 0 fully saturated rings. The van der Waals surface area contributed by atoms with Crippen LogP contribution in [-0.4, -0.2) is 30.8 Å². The third-order valence-corrected chi connectivity index (χ3v) is 6.59. The zero-order chi connectivity index (χ0) is 20.4. The highest BCUT2D eigenvalue weighted by Crippen LogP contribution is 2.22. The number of rotatable bonds is 7. The Morgan fingerprint density at radius 1 is 1.24 bits per heavy atom. The molecule has 0 saturated heterocycles. The van der Waals surface area contributed by atoms with Crippen LogP contribution >= 0.6 is 23.1 Å². The van der Waals surface area contributed by atoms with Crippen molar-refractivity contribution >= 4 is 45.7 Å². The van der Waals surface area contributed by atoms with Crippen LogP contribution in [0, 0.1) is 0 Å². The normalized spacial score (nSPS) is 12.5. The molecule has 29 heavy (non-hydrogen) atoms. The number of benzene rings is 1. The molecule has 9 heteroatoms. The third-order valence-electron chi connectivity index (χ3n) is 4.61. The molecule has 0 spiro atoms. The van der Waals surface area contributed by atoms with E-state index in [1.807, 2.05) is 60.0 Å². The Bertz CT molecular complexity index is 1210. The number of nitrogens with zero attached hydrogens (tertiary/aromatic N) is 4. The second-order valence-corrected chi connectivity index (χ2v) is 8.61. The summed E-state index contributed by atoms with van der Waals surface area (Å²) in [5, 5.41) is 14.7. The van der Waals surface area contributed by atoms with Crippen molar-refractivity contribution in [1.82, 2.24) is 24.5 Å². The molecule has 4 aromatic rings. The lowest BCUT2D eigenvalue weighted by molar-refractivity contribution is -0.119. The van der Waals surface area contributed by atoms with E-state index >= 15 is 0 Å². The molecule has 1 amide bonds. The van der Waals surface area contributed by atoms with Crippen LogP contribution in [0.5, 0.6) is 0 Å². The standard InChI is InChI=1S/C20H21N5O2S2/c1-3-10-24-18(27)14-7-4-5-8-15(14)25-19(24)22-23-20(25)29-12-17(26)21-13(2)16-9-6-11-28-16/h4-9,11,13H,3,10,12H2,1-2H3,(H,21,26). The summed E-state index contributed by atoms with van der Waals surface area (Å²) in [7, 11) is 0. The number of thiophene rings is 1. The molecule has 1 atom stereocenters. The number of thioether (sulfide) groups is 1. The first kappa shape index (κ1) is 19.7. The minimum absolute atomic E-state index is 0.0335. The molecule has 3 heterocycles. The van der Waals surface area contributed by atoms with Gasteiger partial charge in [0.15, 0.2) is 5.16 Å². The molecule has 7 nitrogen and oxygen atoms in total. The maximum Gasteiger partial charge on any atom is 0.262 e. The summed E-state index contributed by atoms with van der Waals surface area (Å²) in [5.41, 5.74) is 0.682. The van der Waals surface area contributed by atoms with E-state index in [9.17, 15) is 9.59 Å². The Labute approximate surface area is 175 Å². The zero-order valence-corrected chi connectivity index (χ0v) is 17.8. The van der Waals surface area contributed by atoms with Crippen LogP contribution in [0.1, 0.15) is 31.2 Å². The van der Waals surface area contributed by atoms with Gasteiger partial charge in [0.25, 0.3) is 5.56 Å². The topological polar surface area (TPSA) is 81.3 Å². The van der Waals surface area contributed by atoms with Crippen molar-refractivity contribution in [3.05, 3.63) is 57.0 Å². The molecule has 0 aliphatic carbocycles. The quantitative estimate of drug-likeness (QED) is 0.457. The van der Waals surface area contributed by atoms with Crippen LogP contribution in [-0.2, 0) is 11.3 Å². The van der Waals surface area contributed by atoms with E-state index in [-0.39, 0.29) is 23.3 Å². The highest BCUT2D eigenvalue weighted by atomic mass is 32.2. The molecule has 0 radical (unpaired) electrons. The molecule has 4 rings (SSSR count).